The maximum Gasteiger partial charge on any atom is 0.220 e. The summed E-state index contributed by atoms with van der Waals surface area (Å²) in [4.78, 5) is 0. The smallest absolute Gasteiger partial charge is 0.220 e. The van der Waals surface area contributed by atoms with Crippen LogP contribution in [0, 0.1) is 0 Å². The Balaban J connectivity index is 1.96. The molecule has 4 nitrogen and oxygen atoms in total. The van der Waals surface area contributed by atoms with E-state index in [4.69, 9.17) is 9.47 Å². The highest BCUT2D eigenvalue weighted by molar-refractivity contribution is 5.84. The van der Waals surface area contributed by atoms with Gasteiger partial charge in [0.05, 0.1) is 31.2 Å². The summed E-state index contributed by atoms with van der Waals surface area (Å²) in [7, 11) is 1.67. The summed E-state index contributed by atoms with van der Waals surface area (Å²) in [6.07, 6.45) is 0. The van der Waals surface area contributed by atoms with Gasteiger partial charge in [0.15, 0.2) is 0 Å². The molecule has 1 heterocycles. The molecule has 0 aliphatic heterocycles. The minimum absolute atomic E-state index is 0.623. The third kappa shape index (κ3) is 2.70. The van der Waals surface area contributed by atoms with E-state index in [1.165, 1.54) is 0 Å². The Hall–Kier alpha value is -2.49. The first-order valence-corrected chi connectivity index (χ1v) is 7.03. The van der Waals surface area contributed by atoms with Crippen LogP contribution in [0.15, 0.2) is 48.5 Å². The number of fused-ring (bicyclic) bond motifs is 1. The van der Waals surface area contributed by atoms with Gasteiger partial charge in [-0.3, -0.25) is 0 Å². The second-order valence-corrected chi connectivity index (χ2v) is 4.76. The highest BCUT2D eigenvalue weighted by Gasteiger charge is 2.12. The molecule has 0 saturated heterocycles. The lowest BCUT2D eigenvalue weighted by molar-refractivity contribution is 0.309. The Morgan fingerprint density at radius 3 is 2.52 bits per heavy atom. The number of hydrogen-bond donors (Lipinski definition) is 0. The topological polar surface area (TPSA) is 36.3 Å². The summed E-state index contributed by atoms with van der Waals surface area (Å²) in [6, 6.07) is 16.0. The van der Waals surface area contributed by atoms with Crippen LogP contribution >= 0.6 is 0 Å². The third-order valence-electron chi connectivity index (χ3n) is 3.37. The highest BCUT2D eigenvalue weighted by Crippen LogP contribution is 2.26. The van der Waals surface area contributed by atoms with Crippen molar-refractivity contribution in [1.82, 2.24) is 9.78 Å². The number of ether oxygens (including phenoxy) is 2. The van der Waals surface area contributed by atoms with Gasteiger partial charge in [0, 0.05) is 0 Å². The predicted molar refractivity (Wildman–Crippen MR) is 83.0 cm³/mol. The van der Waals surface area contributed by atoms with Crippen molar-refractivity contribution in [1.29, 1.82) is 0 Å². The number of rotatable bonds is 5. The molecule has 4 heteroatoms. The number of hydrogen-bond acceptors (Lipinski definition) is 3. The SMILES string of the molecule is CCOc1c2ccccc2nn1Cc1ccc(OC)cc1. The number of benzene rings is 2. The Labute approximate surface area is 123 Å². The summed E-state index contributed by atoms with van der Waals surface area (Å²) in [5.74, 6) is 1.68. The monoisotopic (exact) mass is 282 g/mol. The molecule has 0 bridgehead atoms. The minimum atomic E-state index is 0.623. The van der Waals surface area contributed by atoms with E-state index in [9.17, 15) is 0 Å². The van der Waals surface area contributed by atoms with E-state index in [0.717, 1.165) is 28.1 Å². The van der Waals surface area contributed by atoms with Crippen LogP contribution in [0.25, 0.3) is 10.9 Å². The lowest BCUT2D eigenvalue weighted by Crippen LogP contribution is -2.06. The number of methoxy groups -OCH3 is 1. The van der Waals surface area contributed by atoms with Crippen LogP contribution in [-0.4, -0.2) is 23.5 Å². The van der Waals surface area contributed by atoms with E-state index in [2.05, 4.69) is 5.10 Å². The lowest BCUT2D eigenvalue weighted by Gasteiger charge is -2.08. The van der Waals surface area contributed by atoms with E-state index in [-0.39, 0.29) is 0 Å². The van der Waals surface area contributed by atoms with Crippen LogP contribution in [0.2, 0.25) is 0 Å². The molecule has 0 amide bonds. The van der Waals surface area contributed by atoms with Gasteiger partial charge in [-0.15, -0.1) is 0 Å². The minimum Gasteiger partial charge on any atom is -0.497 e. The van der Waals surface area contributed by atoms with Crippen molar-refractivity contribution in [3.63, 3.8) is 0 Å². The molecule has 0 aliphatic rings. The maximum atomic E-state index is 5.78. The van der Waals surface area contributed by atoms with Crippen molar-refractivity contribution in [2.24, 2.45) is 0 Å². The quantitative estimate of drug-likeness (QED) is 0.718. The fourth-order valence-electron chi connectivity index (χ4n) is 2.36. The number of aromatic nitrogens is 2. The Morgan fingerprint density at radius 2 is 1.81 bits per heavy atom. The summed E-state index contributed by atoms with van der Waals surface area (Å²) in [5, 5.41) is 5.68. The van der Waals surface area contributed by atoms with E-state index < -0.39 is 0 Å². The predicted octanol–water partition coefficient (Wildman–Crippen LogP) is 3.49. The zero-order valence-corrected chi connectivity index (χ0v) is 12.2. The fraction of sp³-hybridized carbons (Fsp3) is 0.235. The Bertz CT molecular complexity index is 732. The van der Waals surface area contributed by atoms with Gasteiger partial charge in [0.25, 0.3) is 0 Å². The first kappa shape index (κ1) is 13.5. The van der Waals surface area contributed by atoms with Crippen LogP contribution < -0.4 is 9.47 Å². The molecule has 3 aromatic rings. The van der Waals surface area contributed by atoms with Crippen molar-refractivity contribution in [2.45, 2.75) is 13.5 Å². The van der Waals surface area contributed by atoms with Crippen molar-refractivity contribution in [3.8, 4) is 11.6 Å². The molecule has 21 heavy (non-hydrogen) atoms. The van der Waals surface area contributed by atoms with Crippen LogP contribution in [0.1, 0.15) is 12.5 Å². The molecule has 0 radical (unpaired) electrons. The third-order valence-corrected chi connectivity index (χ3v) is 3.37. The number of nitrogens with zero attached hydrogens (tertiary/aromatic N) is 2. The van der Waals surface area contributed by atoms with Crippen molar-refractivity contribution < 1.29 is 9.47 Å². The van der Waals surface area contributed by atoms with Gasteiger partial charge in [-0.1, -0.05) is 24.3 Å². The highest BCUT2D eigenvalue weighted by atomic mass is 16.5. The van der Waals surface area contributed by atoms with Crippen molar-refractivity contribution in [3.05, 3.63) is 54.1 Å². The van der Waals surface area contributed by atoms with E-state index in [1.54, 1.807) is 7.11 Å². The van der Waals surface area contributed by atoms with Gasteiger partial charge in [0.2, 0.25) is 5.88 Å². The molecule has 0 unspecified atom stereocenters. The fourth-order valence-corrected chi connectivity index (χ4v) is 2.36. The van der Waals surface area contributed by atoms with Crippen LogP contribution in [-0.2, 0) is 6.54 Å². The van der Waals surface area contributed by atoms with Crippen molar-refractivity contribution >= 4 is 10.9 Å². The average molecular weight is 282 g/mol. The van der Waals surface area contributed by atoms with Gasteiger partial charge in [-0.05, 0) is 36.8 Å². The van der Waals surface area contributed by atoms with Gasteiger partial charge < -0.3 is 9.47 Å². The Kier molecular flexibility index (Phi) is 3.77. The zero-order valence-electron chi connectivity index (χ0n) is 12.2. The molecule has 0 spiro atoms. The average Bonchev–Trinajstić information content (AvgIpc) is 2.86. The molecule has 0 fully saturated rings. The summed E-state index contributed by atoms with van der Waals surface area (Å²) >= 11 is 0. The van der Waals surface area contributed by atoms with Gasteiger partial charge in [-0.2, -0.15) is 5.10 Å². The molecular formula is C17H18N2O2. The van der Waals surface area contributed by atoms with Crippen LogP contribution in [0.3, 0.4) is 0 Å². The molecule has 0 atom stereocenters. The van der Waals surface area contributed by atoms with Gasteiger partial charge in [0.1, 0.15) is 5.75 Å². The first-order chi connectivity index (χ1) is 10.3. The molecule has 3 rings (SSSR count). The molecule has 0 aliphatic carbocycles. The standard InChI is InChI=1S/C17H18N2O2/c1-3-21-17-15-6-4-5-7-16(15)18-19(17)12-13-8-10-14(20-2)11-9-13/h4-11H,3,12H2,1-2H3. The largest absolute Gasteiger partial charge is 0.497 e. The molecule has 2 aromatic carbocycles. The summed E-state index contributed by atoms with van der Waals surface area (Å²) in [6.45, 7) is 3.28. The maximum absolute atomic E-state index is 5.78. The molecular weight excluding hydrogens is 264 g/mol. The van der Waals surface area contributed by atoms with Gasteiger partial charge in [-0.25, -0.2) is 4.68 Å². The summed E-state index contributed by atoms with van der Waals surface area (Å²) in [5.41, 5.74) is 2.11. The molecule has 0 N–H and O–H groups in total. The summed E-state index contributed by atoms with van der Waals surface area (Å²) < 4.78 is 12.9. The second kappa shape index (κ2) is 5.87. The molecule has 108 valence electrons. The second-order valence-electron chi connectivity index (χ2n) is 4.76. The van der Waals surface area contributed by atoms with E-state index in [0.29, 0.717) is 13.2 Å². The van der Waals surface area contributed by atoms with Crippen LogP contribution in [0.4, 0.5) is 0 Å². The molecule has 0 saturated carbocycles. The Morgan fingerprint density at radius 1 is 1.05 bits per heavy atom. The first-order valence-electron chi connectivity index (χ1n) is 7.03. The molecule has 1 aromatic heterocycles. The van der Waals surface area contributed by atoms with E-state index >= 15 is 0 Å². The zero-order chi connectivity index (χ0) is 14.7. The normalized spacial score (nSPS) is 10.8. The van der Waals surface area contributed by atoms with Gasteiger partial charge >= 0.3 is 0 Å². The van der Waals surface area contributed by atoms with E-state index in [1.807, 2.05) is 60.1 Å². The lowest BCUT2D eigenvalue weighted by atomic mass is 10.2. The van der Waals surface area contributed by atoms with Crippen molar-refractivity contribution in [2.75, 3.05) is 13.7 Å². The van der Waals surface area contributed by atoms with Crippen LogP contribution in [0.5, 0.6) is 11.6 Å².